The van der Waals surface area contributed by atoms with E-state index in [1.54, 1.807) is 0 Å². The molecule has 1 aromatic rings. The van der Waals surface area contributed by atoms with Crippen LogP contribution in [0.4, 0.5) is 0 Å². The number of aryl methyl sites for hydroxylation is 2. The summed E-state index contributed by atoms with van der Waals surface area (Å²) in [6, 6.07) is 2.64. The first-order valence-corrected chi connectivity index (χ1v) is 8.92. The van der Waals surface area contributed by atoms with Crippen LogP contribution in [0.3, 0.4) is 0 Å². The molecule has 2 unspecified atom stereocenters. The third-order valence-corrected chi connectivity index (χ3v) is 4.78. The number of hydrogen-bond acceptors (Lipinski definition) is 4. The molecule has 2 atom stereocenters. The van der Waals surface area contributed by atoms with Crippen LogP contribution in [-0.4, -0.2) is 46.6 Å². The second-order valence-corrected chi connectivity index (χ2v) is 6.30. The maximum absolute atomic E-state index is 5.96. The molecule has 1 fully saturated rings. The highest BCUT2D eigenvalue weighted by Crippen LogP contribution is 2.19. The molecule has 0 aliphatic carbocycles. The highest BCUT2D eigenvalue weighted by atomic mass is 32.2. The molecule has 4 nitrogen and oxygen atoms in total. The summed E-state index contributed by atoms with van der Waals surface area (Å²) in [4.78, 5) is 0. The van der Waals surface area contributed by atoms with Crippen molar-refractivity contribution >= 4 is 11.8 Å². The first-order valence-electron chi connectivity index (χ1n) is 7.76. The van der Waals surface area contributed by atoms with Gasteiger partial charge in [0.2, 0.25) is 0 Å². The Hall–Kier alpha value is -0.520. The number of aromatic nitrogens is 2. The van der Waals surface area contributed by atoms with Gasteiger partial charge in [0.15, 0.2) is 0 Å². The third-order valence-electron chi connectivity index (χ3n) is 3.76. The van der Waals surface area contributed by atoms with Gasteiger partial charge in [0, 0.05) is 36.2 Å². The maximum atomic E-state index is 5.96. The second-order valence-electron chi connectivity index (χ2n) is 5.15. The molecule has 0 bridgehead atoms. The molecule has 114 valence electrons. The first kappa shape index (κ1) is 15.9. The lowest BCUT2D eigenvalue weighted by atomic mass is 10.1. The Morgan fingerprint density at radius 2 is 2.35 bits per heavy atom. The Bertz CT molecular complexity index is 402. The van der Waals surface area contributed by atoms with Gasteiger partial charge < -0.3 is 10.1 Å². The van der Waals surface area contributed by atoms with Crippen LogP contribution in [0.2, 0.25) is 0 Å². The Morgan fingerprint density at radius 1 is 1.50 bits per heavy atom. The van der Waals surface area contributed by atoms with Crippen molar-refractivity contribution in [3.05, 3.63) is 17.5 Å². The lowest BCUT2D eigenvalue weighted by Gasteiger charge is -2.30. The molecule has 1 aliphatic heterocycles. The van der Waals surface area contributed by atoms with Gasteiger partial charge in [-0.05, 0) is 26.0 Å². The summed E-state index contributed by atoms with van der Waals surface area (Å²) in [5.41, 5.74) is 2.52. The van der Waals surface area contributed by atoms with Crippen molar-refractivity contribution in [3.63, 3.8) is 0 Å². The number of rotatable bonds is 7. The molecule has 0 saturated carbocycles. The summed E-state index contributed by atoms with van der Waals surface area (Å²) < 4.78 is 8.10. The van der Waals surface area contributed by atoms with E-state index in [0.29, 0.717) is 12.1 Å². The predicted molar refractivity (Wildman–Crippen MR) is 85.5 cm³/mol. The van der Waals surface area contributed by atoms with E-state index in [9.17, 15) is 0 Å². The fourth-order valence-electron chi connectivity index (χ4n) is 2.69. The molecule has 5 heteroatoms. The molecule has 1 aliphatic rings. The van der Waals surface area contributed by atoms with E-state index in [0.717, 1.165) is 44.0 Å². The van der Waals surface area contributed by atoms with Crippen LogP contribution in [0, 0.1) is 0 Å². The summed E-state index contributed by atoms with van der Waals surface area (Å²) in [5, 5.41) is 8.25. The molecular weight excluding hydrogens is 270 g/mol. The van der Waals surface area contributed by atoms with Gasteiger partial charge in [0.1, 0.15) is 0 Å². The summed E-state index contributed by atoms with van der Waals surface area (Å²) in [7, 11) is 0. The minimum absolute atomic E-state index is 0.319. The normalized spacial score (nSPS) is 21.1. The minimum Gasteiger partial charge on any atom is -0.375 e. The van der Waals surface area contributed by atoms with Crippen molar-refractivity contribution in [1.82, 2.24) is 15.1 Å². The highest BCUT2D eigenvalue weighted by Gasteiger charge is 2.25. The zero-order chi connectivity index (χ0) is 14.4. The molecule has 1 saturated heterocycles. The van der Waals surface area contributed by atoms with E-state index in [2.05, 4.69) is 41.9 Å². The molecule has 2 rings (SSSR count). The van der Waals surface area contributed by atoms with Crippen LogP contribution in [0.25, 0.3) is 0 Å². The molecule has 0 radical (unpaired) electrons. The van der Waals surface area contributed by atoms with Gasteiger partial charge >= 0.3 is 0 Å². The van der Waals surface area contributed by atoms with Gasteiger partial charge in [-0.2, -0.15) is 16.9 Å². The Balaban J connectivity index is 2.08. The average molecular weight is 297 g/mol. The van der Waals surface area contributed by atoms with Gasteiger partial charge in [-0.15, -0.1) is 0 Å². The smallest absolute Gasteiger partial charge is 0.0822 e. The lowest BCUT2D eigenvalue weighted by Crippen LogP contribution is -2.46. The van der Waals surface area contributed by atoms with E-state index in [-0.39, 0.29) is 0 Å². The van der Waals surface area contributed by atoms with Crippen LogP contribution in [-0.2, 0) is 24.1 Å². The van der Waals surface area contributed by atoms with E-state index < -0.39 is 0 Å². The van der Waals surface area contributed by atoms with Crippen LogP contribution < -0.4 is 5.32 Å². The van der Waals surface area contributed by atoms with E-state index in [1.807, 2.05) is 11.8 Å². The van der Waals surface area contributed by atoms with Crippen LogP contribution >= 0.6 is 11.8 Å². The highest BCUT2D eigenvalue weighted by molar-refractivity contribution is 7.99. The van der Waals surface area contributed by atoms with Crippen molar-refractivity contribution < 1.29 is 4.74 Å². The van der Waals surface area contributed by atoms with Crippen molar-refractivity contribution in [3.8, 4) is 0 Å². The maximum Gasteiger partial charge on any atom is 0.0822 e. The monoisotopic (exact) mass is 297 g/mol. The summed E-state index contributed by atoms with van der Waals surface area (Å²) in [6.07, 6.45) is 2.32. The molecule has 2 heterocycles. The zero-order valence-electron chi connectivity index (χ0n) is 12.9. The average Bonchev–Trinajstić information content (AvgIpc) is 2.90. The standard InChI is InChI=1S/C15H27N3OS/c1-4-12-9-13(18(6-3)17-12)10-14(16-5-2)15-11-20-8-7-19-15/h9,14-16H,4-8,10-11H2,1-3H3. The Kier molecular flexibility index (Phi) is 6.39. The SMILES string of the molecule is CCNC(Cc1cc(CC)nn1CC)C1CSCCO1. The van der Waals surface area contributed by atoms with Crippen molar-refractivity contribution in [2.24, 2.45) is 0 Å². The fourth-order valence-corrected chi connectivity index (χ4v) is 3.63. The predicted octanol–water partition coefficient (Wildman–Crippen LogP) is 2.12. The van der Waals surface area contributed by atoms with E-state index in [1.165, 1.54) is 11.4 Å². The fraction of sp³-hybridized carbons (Fsp3) is 0.800. The van der Waals surface area contributed by atoms with Crippen LogP contribution in [0.1, 0.15) is 32.2 Å². The van der Waals surface area contributed by atoms with E-state index >= 15 is 0 Å². The number of ether oxygens (including phenoxy) is 1. The summed E-state index contributed by atoms with van der Waals surface area (Å²) in [6.45, 7) is 9.28. The summed E-state index contributed by atoms with van der Waals surface area (Å²) in [5.74, 6) is 2.22. The first-order chi connectivity index (χ1) is 9.78. The number of hydrogen-bond donors (Lipinski definition) is 1. The third kappa shape index (κ3) is 3.99. The number of thioether (sulfide) groups is 1. The molecule has 1 aromatic heterocycles. The number of likely N-dealkylation sites (N-methyl/N-ethyl adjacent to an activating group) is 1. The van der Waals surface area contributed by atoms with Gasteiger partial charge in [-0.1, -0.05) is 13.8 Å². The molecule has 0 aromatic carbocycles. The van der Waals surface area contributed by atoms with Crippen molar-refractivity contribution in [1.29, 1.82) is 0 Å². The molecule has 20 heavy (non-hydrogen) atoms. The van der Waals surface area contributed by atoms with Crippen LogP contribution in [0.5, 0.6) is 0 Å². The molecule has 0 spiro atoms. The number of nitrogens with one attached hydrogen (secondary N) is 1. The Labute approximate surface area is 126 Å². The number of nitrogens with zero attached hydrogens (tertiary/aromatic N) is 2. The zero-order valence-corrected chi connectivity index (χ0v) is 13.7. The van der Waals surface area contributed by atoms with Gasteiger partial charge in [-0.25, -0.2) is 0 Å². The lowest BCUT2D eigenvalue weighted by molar-refractivity contribution is 0.0471. The van der Waals surface area contributed by atoms with Gasteiger partial charge in [0.05, 0.1) is 18.4 Å². The summed E-state index contributed by atoms with van der Waals surface area (Å²) >= 11 is 2.00. The van der Waals surface area contributed by atoms with Crippen molar-refractivity contribution in [2.75, 3.05) is 24.7 Å². The molecule has 1 N–H and O–H groups in total. The van der Waals surface area contributed by atoms with Gasteiger partial charge in [-0.3, -0.25) is 4.68 Å². The molecular formula is C15H27N3OS. The van der Waals surface area contributed by atoms with Gasteiger partial charge in [0.25, 0.3) is 0 Å². The molecule has 0 amide bonds. The quantitative estimate of drug-likeness (QED) is 0.837. The topological polar surface area (TPSA) is 39.1 Å². The van der Waals surface area contributed by atoms with Crippen LogP contribution in [0.15, 0.2) is 6.07 Å². The largest absolute Gasteiger partial charge is 0.375 e. The van der Waals surface area contributed by atoms with Crippen molar-refractivity contribution in [2.45, 2.75) is 52.3 Å². The van der Waals surface area contributed by atoms with E-state index in [4.69, 9.17) is 4.74 Å². The Morgan fingerprint density at radius 3 is 2.95 bits per heavy atom. The minimum atomic E-state index is 0.319. The second kappa shape index (κ2) is 8.05.